The number of alkyl halides is 1. The Morgan fingerprint density at radius 1 is 1.50 bits per heavy atom. The highest BCUT2D eigenvalue weighted by Crippen LogP contribution is 2.19. The van der Waals surface area contributed by atoms with Crippen LogP contribution >= 0.6 is 0 Å². The van der Waals surface area contributed by atoms with Gasteiger partial charge < -0.3 is 21.2 Å². The van der Waals surface area contributed by atoms with Crippen LogP contribution in [0.1, 0.15) is 38.1 Å². The molecule has 0 radical (unpaired) electrons. The van der Waals surface area contributed by atoms with Gasteiger partial charge >= 0.3 is 0 Å². The third-order valence-corrected chi connectivity index (χ3v) is 2.95. The highest BCUT2D eigenvalue weighted by atomic mass is 19.1. The molecule has 0 bridgehead atoms. The molecule has 1 amide bonds. The molecule has 8 heteroatoms. The van der Waals surface area contributed by atoms with Gasteiger partial charge in [-0.15, -0.1) is 0 Å². The number of anilines is 2. The van der Waals surface area contributed by atoms with Crippen molar-refractivity contribution >= 4 is 17.4 Å². The lowest BCUT2D eigenvalue weighted by atomic mass is 10.0. The number of nitrogens with zero attached hydrogens (tertiary/aromatic N) is 1. The SMILES string of the molecule is CC(C)Nc1cc(NN)ncc1C(=O)NCC(F)C(C)(C)O. The van der Waals surface area contributed by atoms with Gasteiger partial charge in [0.25, 0.3) is 5.91 Å². The van der Waals surface area contributed by atoms with Crippen molar-refractivity contribution in [3.63, 3.8) is 0 Å². The number of nitrogens with one attached hydrogen (secondary N) is 3. The minimum absolute atomic E-state index is 0.0878. The molecule has 0 aliphatic carbocycles. The smallest absolute Gasteiger partial charge is 0.255 e. The molecule has 0 aromatic carbocycles. The summed E-state index contributed by atoms with van der Waals surface area (Å²) < 4.78 is 13.7. The first kappa shape index (κ1) is 18.1. The Kier molecular flexibility index (Phi) is 6.07. The molecule has 22 heavy (non-hydrogen) atoms. The zero-order chi connectivity index (χ0) is 16.9. The molecule has 1 aromatic heterocycles. The van der Waals surface area contributed by atoms with Crippen molar-refractivity contribution in [2.45, 2.75) is 45.5 Å². The van der Waals surface area contributed by atoms with E-state index in [0.29, 0.717) is 11.5 Å². The molecule has 1 heterocycles. The van der Waals surface area contributed by atoms with E-state index in [1.807, 2.05) is 13.8 Å². The van der Waals surface area contributed by atoms with Gasteiger partial charge in [-0.2, -0.15) is 0 Å². The Balaban J connectivity index is 2.88. The number of hydrogen-bond donors (Lipinski definition) is 5. The second-order valence-electron chi connectivity index (χ2n) is 5.89. The third-order valence-electron chi connectivity index (χ3n) is 2.95. The predicted molar refractivity (Wildman–Crippen MR) is 84.3 cm³/mol. The fraction of sp³-hybridized carbons (Fsp3) is 0.571. The van der Waals surface area contributed by atoms with Crippen LogP contribution in [0.5, 0.6) is 0 Å². The molecule has 124 valence electrons. The van der Waals surface area contributed by atoms with Gasteiger partial charge in [0.2, 0.25) is 0 Å². The summed E-state index contributed by atoms with van der Waals surface area (Å²) >= 11 is 0. The number of nitrogens with two attached hydrogens (primary N) is 1. The fourth-order valence-electron chi connectivity index (χ4n) is 1.67. The first-order valence-corrected chi connectivity index (χ1v) is 7.03. The lowest BCUT2D eigenvalue weighted by Gasteiger charge is -2.23. The van der Waals surface area contributed by atoms with Crippen LogP contribution in [0.3, 0.4) is 0 Å². The summed E-state index contributed by atoms with van der Waals surface area (Å²) in [6, 6.07) is 1.68. The molecule has 1 aromatic rings. The molecule has 1 unspecified atom stereocenters. The van der Waals surface area contributed by atoms with E-state index in [-0.39, 0.29) is 18.2 Å². The quantitative estimate of drug-likeness (QED) is 0.380. The number of aromatic nitrogens is 1. The van der Waals surface area contributed by atoms with Gasteiger partial charge in [0.05, 0.1) is 23.4 Å². The van der Waals surface area contributed by atoms with Crippen LogP contribution in [-0.4, -0.2) is 40.4 Å². The largest absolute Gasteiger partial charge is 0.387 e. The number of rotatable bonds is 7. The summed E-state index contributed by atoms with van der Waals surface area (Å²) in [5, 5.41) is 15.1. The molecular weight excluding hydrogens is 289 g/mol. The second-order valence-corrected chi connectivity index (χ2v) is 5.89. The van der Waals surface area contributed by atoms with E-state index < -0.39 is 17.7 Å². The number of pyridine rings is 1. The Morgan fingerprint density at radius 2 is 2.14 bits per heavy atom. The van der Waals surface area contributed by atoms with Gasteiger partial charge in [-0.1, -0.05) is 0 Å². The summed E-state index contributed by atoms with van der Waals surface area (Å²) in [5.41, 5.74) is 1.69. The first-order valence-electron chi connectivity index (χ1n) is 7.03. The molecule has 6 N–H and O–H groups in total. The van der Waals surface area contributed by atoms with Crippen LogP contribution in [0.15, 0.2) is 12.3 Å². The molecule has 0 fully saturated rings. The van der Waals surface area contributed by atoms with Gasteiger partial charge in [-0.25, -0.2) is 15.2 Å². The van der Waals surface area contributed by atoms with Crippen molar-refractivity contribution in [3.05, 3.63) is 17.8 Å². The zero-order valence-electron chi connectivity index (χ0n) is 13.3. The van der Waals surface area contributed by atoms with Crippen molar-refractivity contribution in [1.82, 2.24) is 10.3 Å². The molecule has 0 saturated heterocycles. The molecule has 0 saturated carbocycles. The van der Waals surface area contributed by atoms with Crippen LogP contribution < -0.4 is 21.9 Å². The van der Waals surface area contributed by atoms with Crippen molar-refractivity contribution in [1.29, 1.82) is 0 Å². The normalized spacial score (nSPS) is 12.9. The molecule has 1 rings (SSSR count). The van der Waals surface area contributed by atoms with Crippen LogP contribution in [0.25, 0.3) is 0 Å². The highest BCUT2D eigenvalue weighted by molar-refractivity contribution is 5.99. The first-order chi connectivity index (χ1) is 10.1. The van der Waals surface area contributed by atoms with Gasteiger partial charge in [-0.05, 0) is 27.7 Å². The zero-order valence-corrected chi connectivity index (χ0v) is 13.3. The Bertz CT molecular complexity index is 516. The number of nitrogen functional groups attached to an aromatic ring is 1. The minimum Gasteiger partial charge on any atom is -0.387 e. The topological polar surface area (TPSA) is 112 Å². The molecule has 0 aliphatic heterocycles. The van der Waals surface area contributed by atoms with Crippen molar-refractivity contribution < 1.29 is 14.3 Å². The summed E-state index contributed by atoms with van der Waals surface area (Å²) in [4.78, 5) is 16.2. The average molecular weight is 313 g/mol. The monoisotopic (exact) mass is 313 g/mol. The van der Waals surface area contributed by atoms with Gasteiger partial charge in [-0.3, -0.25) is 4.79 Å². The van der Waals surface area contributed by atoms with Crippen LogP contribution in [0.4, 0.5) is 15.9 Å². The molecule has 0 aliphatic rings. The van der Waals surface area contributed by atoms with E-state index in [9.17, 15) is 14.3 Å². The number of aliphatic hydroxyl groups is 1. The summed E-state index contributed by atoms with van der Waals surface area (Å²) in [6.07, 6.45) is -0.220. The molecule has 1 atom stereocenters. The van der Waals surface area contributed by atoms with Crippen LogP contribution in [0.2, 0.25) is 0 Å². The Morgan fingerprint density at radius 3 is 2.64 bits per heavy atom. The van der Waals surface area contributed by atoms with Crippen molar-refractivity contribution in [3.8, 4) is 0 Å². The van der Waals surface area contributed by atoms with Gasteiger partial charge in [0, 0.05) is 18.3 Å². The predicted octanol–water partition coefficient (Wildman–Crippen LogP) is 1.03. The number of halogens is 1. The number of carbonyl (C=O) groups is 1. The lowest BCUT2D eigenvalue weighted by molar-refractivity contribution is -0.00177. The fourth-order valence-corrected chi connectivity index (χ4v) is 1.67. The van der Waals surface area contributed by atoms with Gasteiger partial charge in [0.1, 0.15) is 12.0 Å². The van der Waals surface area contributed by atoms with E-state index in [1.54, 1.807) is 6.07 Å². The second kappa shape index (κ2) is 7.37. The van der Waals surface area contributed by atoms with E-state index in [2.05, 4.69) is 21.0 Å². The summed E-state index contributed by atoms with van der Waals surface area (Å²) in [7, 11) is 0. The lowest BCUT2D eigenvalue weighted by Crippen LogP contribution is -2.42. The van der Waals surface area contributed by atoms with E-state index >= 15 is 0 Å². The Labute approximate surface area is 129 Å². The van der Waals surface area contributed by atoms with Crippen molar-refractivity contribution in [2.75, 3.05) is 17.3 Å². The molecule has 0 spiro atoms. The number of hydrazine groups is 1. The maximum absolute atomic E-state index is 13.7. The molecular formula is C14H24FN5O2. The maximum Gasteiger partial charge on any atom is 0.255 e. The number of amides is 1. The molecule has 7 nitrogen and oxygen atoms in total. The number of hydrogen-bond acceptors (Lipinski definition) is 6. The van der Waals surface area contributed by atoms with Gasteiger partial charge in [0.15, 0.2) is 0 Å². The third kappa shape index (κ3) is 5.12. The van der Waals surface area contributed by atoms with Crippen LogP contribution in [-0.2, 0) is 0 Å². The Hall–Kier alpha value is -1.93. The number of carbonyl (C=O) groups excluding carboxylic acids is 1. The maximum atomic E-state index is 13.7. The highest BCUT2D eigenvalue weighted by Gasteiger charge is 2.27. The van der Waals surface area contributed by atoms with E-state index in [1.165, 1.54) is 20.0 Å². The average Bonchev–Trinajstić information content (AvgIpc) is 2.42. The van der Waals surface area contributed by atoms with Crippen LogP contribution in [0, 0.1) is 0 Å². The van der Waals surface area contributed by atoms with Crippen molar-refractivity contribution in [2.24, 2.45) is 5.84 Å². The standard InChI is InChI=1S/C14H24FN5O2/c1-8(2)19-10-5-12(20-16)17-6-9(10)13(21)18-7-11(15)14(3,4)22/h5-6,8,11,22H,7,16H2,1-4H3,(H,18,21)(H2,17,19,20). The summed E-state index contributed by atoms with van der Waals surface area (Å²) in [5.74, 6) is 5.23. The summed E-state index contributed by atoms with van der Waals surface area (Å²) in [6.45, 7) is 6.24. The minimum atomic E-state index is -1.57. The van der Waals surface area contributed by atoms with E-state index in [0.717, 1.165) is 0 Å². The van der Waals surface area contributed by atoms with E-state index in [4.69, 9.17) is 5.84 Å².